The molecule has 2 rings (SSSR count). The largest absolute Gasteiger partial charge is 0.378 e. The smallest absolute Gasteiger partial charge is 0.193 e. The summed E-state index contributed by atoms with van der Waals surface area (Å²) in [5.74, 6) is 1.03. The highest BCUT2D eigenvalue weighted by molar-refractivity contribution is 14.0. The van der Waals surface area contributed by atoms with Crippen LogP contribution in [0.2, 0.25) is 0 Å². The van der Waals surface area contributed by atoms with Gasteiger partial charge in [-0.1, -0.05) is 30.3 Å². The topological polar surface area (TPSA) is 40.1 Å². The fourth-order valence-corrected chi connectivity index (χ4v) is 3.33. The SMILES string of the molecule is CCOC1CCN(C(=NC)NCCCN(C)Cc2ccccc2)CC1.I. The minimum Gasteiger partial charge on any atom is -0.378 e. The molecule has 0 atom stereocenters. The zero-order chi connectivity index (χ0) is 17.9. The lowest BCUT2D eigenvalue weighted by atomic mass is 10.1. The van der Waals surface area contributed by atoms with E-state index in [1.165, 1.54) is 5.56 Å². The zero-order valence-electron chi connectivity index (χ0n) is 16.5. The first-order valence-corrected chi connectivity index (χ1v) is 9.52. The summed E-state index contributed by atoms with van der Waals surface area (Å²) in [6.07, 6.45) is 3.71. The standard InChI is InChI=1S/C20H34N4O.HI/c1-4-25-19-11-15-24(16-12-19)20(21-2)22-13-8-14-23(3)17-18-9-6-5-7-10-18;/h5-7,9-10,19H,4,8,11-17H2,1-3H3,(H,21,22);1H. The first kappa shape index (κ1) is 23.2. The van der Waals surface area contributed by atoms with E-state index in [4.69, 9.17) is 4.74 Å². The molecule has 26 heavy (non-hydrogen) atoms. The van der Waals surface area contributed by atoms with E-state index in [1.54, 1.807) is 0 Å². The van der Waals surface area contributed by atoms with Crippen molar-refractivity contribution >= 4 is 29.9 Å². The molecule has 1 aromatic rings. The minimum absolute atomic E-state index is 0. The number of hydrogen-bond donors (Lipinski definition) is 1. The molecule has 1 heterocycles. The highest BCUT2D eigenvalue weighted by atomic mass is 127. The van der Waals surface area contributed by atoms with E-state index >= 15 is 0 Å². The van der Waals surface area contributed by atoms with Crippen molar-refractivity contribution < 1.29 is 4.74 Å². The number of benzene rings is 1. The molecule has 1 aliphatic heterocycles. The second kappa shape index (κ2) is 13.3. The lowest BCUT2D eigenvalue weighted by Crippen LogP contribution is -2.47. The normalized spacial score (nSPS) is 15.8. The number of likely N-dealkylation sites (tertiary alicyclic amines) is 1. The van der Waals surface area contributed by atoms with Gasteiger partial charge >= 0.3 is 0 Å². The van der Waals surface area contributed by atoms with Crippen molar-refractivity contribution in [2.45, 2.75) is 38.8 Å². The summed E-state index contributed by atoms with van der Waals surface area (Å²) in [6.45, 7) is 7.97. The predicted molar refractivity (Wildman–Crippen MR) is 120 cm³/mol. The Kier molecular flexibility index (Phi) is 11.9. The van der Waals surface area contributed by atoms with Gasteiger partial charge in [0.05, 0.1) is 6.10 Å². The Hall–Kier alpha value is -0.860. The first-order chi connectivity index (χ1) is 12.2. The Morgan fingerprint density at radius 3 is 2.58 bits per heavy atom. The number of guanidine groups is 1. The summed E-state index contributed by atoms with van der Waals surface area (Å²) in [5, 5.41) is 3.51. The number of aliphatic imine (C=N–C) groups is 1. The van der Waals surface area contributed by atoms with Crippen molar-refractivity contribution in [2.75, 3.05) is 46.9 Å². The van der Waals surface area contributed by atoms with Crippen molar-refractivity contribution in [3.8, 4) is 0 Å². The van der Waals surface area contributed by atoms with Crippen LogP contribution in [0.15, 0.2) is 35.3 Å². The Morgan fingerprint density at radius 1 is 1.27 bits per heavy atom. The maximum atomic E-state index is 5.73. The molecule has 1 aromatic carbocycles. The Morgan fingerprint density at radius 2 is 1.96 bits per heavy atom. The van der Waals surface area contributed by atoms with Gasteiger partial charge < -0.3 is 19.9 Å². The van der Waals surface area contributed by atoms with Crippen LogP contribution in [0.3, 0.4) is 0 Å². The van der Waals surface area contributed by atoms with Crippen LogP contribution >= 0.6 is 24.0 Å². The summed E-state index contributed by atoms with van der Waals surface area (Å²) in [6, 6.07) is 10.6. The van der Waals surface area contributed by atoms with Gasteiger partial charge in [0, 0.05) is 39.8 Å². The summed E-state index contributed by atoms with van der Waals surface area (Å²) in [5.41, 5.74) is 1.37. The molecule has 1 N–H and O–H groups in total. The van der Waals surface area contributed by atoms with E-state index in [-0.39, 0.29) is 24.0 Å². The molecule has 148 valence electrons. The Bertz CT molecular complexity index is 504. The molecule has 0 unspecified atom stereocenters. The van der Waals surface area contributed by atoms with Crippen molar-refractivity contribution in [3.63, 3.8) is 0 Å². The van der Waals surface area contributed by atoms with Crippen LogP contribution in [0.5, 0.6) is 0 Å². The second-order valence-electron chi connectivity index (χ2n) is 6.69. The molecular formula is C20H35IN4O. The van der Waals surface area contributed by atoms with E-state index in [1.807, 2.05) is 7.05 Å². The van der Waals surface area contributed by atoms with Gasteiger partial charge in [-0.05, 0) is 45.3 Å². The average Bonchev–Trinajstić information content (AvgIpc) is 2.64. The Balaban J connectivity index is 0.00000338. The fraction of sp³-hybridized carbons (Fsp3) is 0.650. The minimum atomic E-state index is 0. The maximum Gasteiger partial charge on any atom is 0.193 e. The van der Waals surface area contributed by atoms with Gasteiger partial charge in [-0.25, -0.2) is 0 Å². The van der Waals surface area contributed by atoms with Gasteiger partial charge in [0.25, 0.3) is 0 Å². The van der Waals surface area contributed by atoms with Gasteiger partial charge in [0.2, 0.25) is 0 Å². The molecule has 0 radical (unpaired) electrons. The van der Waals surface area contributed by atoms with E-state index in [0.717, 1.165) is 64.6 Å². The molecule has 0 bridgehead atoms. The number of rotatable bonds is 8. The van der Waals surface area contributed by atoms with Crippen LogP contribution in [-0.2, 0) is 11.3 Å². The van der Waals surface area contributed by atoms with Crippen LogP contribution < -0.4 is 5.32 Å². The molecule has 1 fully saturated rings. The zero-order valence-corrected chi connectivity index (χ0v) is 18.8. The summed E-state index contributed by atoms with van der Waals surface area (Å²) < 4.78 is 5.73. The van der Waals surface area contributed by atoms with Crippen LogP contribution in [-0.4, -0.2) is 68.7 Å². The van der Waals surface area contributed by atoms with Crippen LogP contribution in [0.4, 0.5) is 0 Å². The van der Waals surface area contributed by atoms with Gasteiger partial charge in [-0.15, -0.1) is 24.0 Å². The quantitative estimate of drug-likeness (QED) is 0.272. The molecule has 0 aliphatic carbocycles. The first-order valence-electron chi connectivity index (χ1n) is 9.52. The van der Waals surface area contributed by atoms with E-state index in [9.17, 15) is 0 Å². The molecule has 0 spiro atoms. The highest BCUT2D eigenvalue weighted by Gasteiger charge is 2.21. The van der Waals surface area contributed by atoms with Gasteiger partial charge in [-0.3, -0.25) is 4.99 Å². The third-order valence-electron chi connectivity index (χ3n) is 4.65. The summed E-state index contributed by atoms with van der Waals surface area (Å²) in [4.78, 5) is 9.16. The molecule has 1 aliphatic rings. The third kappa shape index (κ3) is 8.22. The number of hydrogen-bond acceptors (Lipinski definition) is 3. The number of ether oxygens (including phenoxy) is 1. The lowest BCUT2D eigenvalue weighted by Gasteiger charge is -2.34. The van der Waals surface area contributed by atoms with Crippen molar-refractivity contribution in [1.29, 1.82) is 0 Å². The summed E-state index contributed by atoms with van der Waals surface area (Å²) in [7, 11) is 4.05. The fourth-order valence-electron chi connectivity index (χ4n) is 3.33. The number of nitrogens with one attached hydrogen (secondary N) is 1. The molecule has 6 heteroatoms. The summed E-state index contributed by atoms with van der Waals surface area (Å²) >= 11 is 0. The van der Waals surface area contributed by atoms with Crippen molar-refractivity contribution in [3.05, 3.63) is 35.9 Å². The molecule has 0 aromatic heterocycles. The Labute approximate surface area is 176 Å². The van der Waals surface area contributed by atoms with Crippen LogP contribution in [0.25, 0.3) is 0 Å². The monoisotopic (exact) mass is 474 g/mol. The van der Waals surface area contributed by atoms with Crippen molar-refractivity contribution in [1.82, 2.24) is 15.1 Å². The molecule has 1 saturated heterocycles. The average molecular weight is 474 g/mol. The van der Waals surface area contributed by atoms with Gasteiger partial charge in [-0.2, -0.15) is 0 Å². The number of piperidine rings is 1. The van der Waals surface area contributed by atoms with Gasteiger partial charge in [0.15, 0.2) is 5.96 Å². The molecule has 5 nitrogen and oxygen atoms in total. The van der Waals surface area contributed by atoms with Crippen molar-refractivity contribution in [2.24, 2.45) is 4.99 Å². The van der Waals surface area contributed by atoms with Gasteiger partial charge in [0.1, 0.15) is 0 Å². The number of halogens is 1. The van der Waals surface area contributed by atoms with E-state index < -0.39 is 0 Å². The lowest BCUT2D eigenvalue weighted by molar-refractivity contribution is 0.0264. The van der Waals surface area contributed by atoms with Crippen LogP contribution in [0.1, 0.15) is 31.7 Å². The molecule has 0 amide bonds. The van der Waals surface area contributed by atoms with Crippen LogP contribution in [0, 0.1) is 0 Å². The van der Waals surface area contributed by atoms with E-state index in [2.05, 4.69) is 64.4 Å². The number of nitrogens with zero attached hydrogens (tertiary/aromatic N) is 3. The molecule has 0 saturated carbocycles. The third-order valence-corrected chi connectivity index (χ3v) is 4.65. The maximum absolute atomic E-state index is 5.73. The molecular weight excluding hydrogens is 439 g/mol. The predicted octanol–water partition coefficient (Wildman–Crippen LogP) is 3.20. The second-order valence-corrected chi connectivity index (χ2v) is 6.69. The highest BCUT2D eigenvalue weighted by Crippen LogP contribution is 2.13. The van der Waals surface area contributed by atoms with E-state index in [0.29, 0.717) is 6.10 Å².